The summed E-state index contributed by atoms with van der Waals surface area (Å²) in [5, 5.41) is 1.06. The topological polar surface area (TPSA) is 66.8 Å². The molecule has 34 heavy (non-hydrogen) atoms. The van der Waals surface area contributed by atoms with Crippen molar-refractivity contribution in [3.05, 3.63) is 100 Å². The average molecular weight is 453 g/mol. The first-order chi connectivity index (χ1) is 16.5. The highest BCUT2D eigenvalue weighted by Gasteiger charge is 2.30. The average Bonchev–Trinajstić information content (AvgIpc) is 3.35. The number of Topliss-reactive ketones (excluding diaryl/α,β-unsaturated/α-hetero) is 1. The Morgan fingerprint density at radius 2 is 1.82 bits per heavy atom. The summed E-state index contributed by atoms with van der Waals surface area (Å²) in [4.78, 5) is 24.6. The quantitative estimate of drug-likeness (QED) is 0.296. The number of aryl methyl sites for hydroxylation is 1. The van der Waals surface area contributed by atoms with Gasteiger partial charge in [0.25, 0.3) is 0 Å². The number of esters is 1. The molecule has 0 spiro atoms. The van der Waals surface area contributed by atoms with Gasteiger partial charge in [0.1, 0.15) is 18.1 Å². The molecule has 1 aromatic heterocycles. The first-order valence-electron chi connectivity index (χ1n) is 10.9. The number of benzene rings is 3. The summed E-state index contributed by atoms with van der Waals surface area (Å²) in [6, 6.07) is 18.6. The van der Waals surface area contributed by atoms with E-state index in [2.05, 4.69) is 0 Å². The predicted octanol–water partition coefficient (Wildman–Crippen LogP) is 5.47. The van der Waals surface area contributed by atoms with Crippen molar-refractivity contribution >= 4 is 28.7 Å². The smallest absolute Gasteiger partial charge is 0.337 e. The highest BCUT2D eigenvalue weighted by Crippen LogP contribution is 2.40. The van der Waals surface area contributed by atoms with Gasteiger partial charge in [-0.25, -0.2) is 4.79 Å². The fraction of sp³-hybridized carbons (Fsp3) is 0.143. The number of aromatic nitrogens is 1. The molecule has 4 aromatic rings. The molecule has 1 aliphatic heterocycles. The van der Waals surface area contributed by atoms with Gasteiger partial charge in [-0.2, -0.15) is 0 Å². The number of hydrogen-bond donors (Lipinski definition) is 0. The van der Waals surface area contributed by atoms with E-state index in [0.29, 0.717) is 35.0 Å². The second-order valence-corrected chi connectivity index (χ2v) is 8.19. The summed E-state index contributed by atoms with van der Waals surface area (Å²) in [5.74, 6) is 0.933. The highest BCUT2D eigenvalue weighted by molar-refractivity contribution is 6.15. The van der Waals surface area contributed by atoms with Crippen LogP contribution in [0.15, 0.2) is 72.6 Å². The molecule has 170 valence electrons. The molecule has 5 rings (SSSR count). The standard InChI is InChI=1S/C28H23NO5/c1-17-24(33-16-18-8-10-19(11-9-18)28(31)32-3)13-12-22-26(30)25(34-27(17)22)14-20-15-29(2)23-7-5-4-6-21(20)23/h4-15H,16H2,1-3H3. The molecule has 2 heterocycles. The van der Waals surface area contributed by atoms with Crippen LogP contribution in [0.5, 0.6) is 11.5 Å². The number of methoxy groups -OCH3 is 1. The van der Waals surface area contributed by atoms with Crippen LogP contribution in [-0.4, -0.2) is 23.4 Å². The number of nitrogens with zero attached hydrogens (tertiary/aromatic N) is 1. The first kappa shape index (κ1) is 21.5. The Hall–Kier alpha value is -4.32. The highest BCUT2D eigenvalue weighted by atomic mass is 16.5. The minimum absolute atomic E-state index is 0.143. The Kier molecular flexibility index (Phi) is 5.42. The van der Waals surface area contributed by atoms with Crippen molar-refractivity contribution in [2.45, 2.75) is 13.5 Å². The van der Waals surface area contributed by atoms with Gasteiger partial charge in [0.05, 0.1) is 18.2 Å². The number of ketones is 1. The largest absolute Gasteiger partial charge is 0.488 e. The van der Waals surface area contributed by atoms with Crippen molar-refractivity contribution in [2.24, 2.45) is 7.05 Å². The first-order valence-corrected chi connectivity index (χ1v) is 10.9. The van der Waals surface area contributed by atoms with Crippen LogP contribution in [0.1, 0.15) is 37.4 Å². The van der Waals surface area contributed by atoms with Gasteiger partial charge in [0.15, 0.2) is 5.76 Å². The van der Waals surface area contributed by atoms with Crippen LogP contribution in [-0.2, 0) is 18.4 Å². The molecule has 0 atom stereocenters. The van der Waals surface area contributed by atoms with E-state index in [1.54, 1.807) is 30.3 Å². The zero-order chi connectivity index (χ0) is 23.8. The zero-order valence-corrected chi connectivity index (χ0v) is 19.1. The van der Waals surface area contributed by atoms with E-state index in [9.17, 15) is 9.59 Å². The molecule has 0 aliphatic carbocycles. The number of hydrogen-bond acceptors (Lipinski definition) is 5. The molecule has 0 saturated carbocycles. The van der Waals surface area contributed by atoms with Crippen molar-refractivity contribution in [1.29, 1.82) is 0 Å². The van der Waals surface area contributed by atoms with Gasteiger partial charge in [-0.15, -0.1) is 0 Å². The number of carbonyl (C=O) groups excluding carboxylic acids is 2. The molecule has 6 heteroatoms. The van der Waals surface area contributed by atoms with Gasteiger partial charge in [-0.3, -0.25) is 4.79 Å². The molecule has 0 radical (unpaired) electrons. The molecule has 0 N–H and O–H groups in total. The predicted molar refractivity (Wildman–Crippen MR) is 129 cm³/mol. The lowest BCUT2D eigenvalue weighted by atomic mass is 10.1. The summed E-state index contributed by atoms with van der Waals surface area (Å²) in [6.07, 6.45) is 3.79. The number of carbonyl (C=O) groups is 2. The van der Waals surface area contributed by atoms with E-state index in [1.165, 1.54) is 7.11 Å². The minimum atomic E-state index is -0.379. The lowest BCUT2D eigenvalue weighted by Crippen LogP contribution is -2.02. The van der Waals surface area contributed by atoms with Crippen molar-refractivity contribution in [3.8, 4) is 11.5 Å². The molecule has 0 saturated heterocycles. The van der Waals surface area contributed by atoms with Crippen LogP contribution in [0, 0.1) is 6.92 Å². The molecular formula is C28H23NO5. The van der Waals surface area contributed by atoms with E-state index in [-0.39, 0.29) is 11.8 Å². The van der Waals surface area contributed by atoms with E-state index in [1.807, 2.05) is 61.1 Å². The number of ether oxygens (including phenoxy) is 3. The number of allylic oxidation sites excluding steroid dienone is 1. The van der Waals surface area contributed by atoms with Crippen molar-refractivity contribution in [3.63, 3.8) is 0 Å². The summed E-state index contributed by atoms with van der Waals surface area (Å²) < 4.78 is 18.8. The molecular weight excluding hydrogens is 430 g/mol. The maximum absolute atomic E-state index is 13.0. The van der Waals surface area contributed by atoms with Gasteiger partial charge in [0.2, 0.25) is 5.78 Å². The van der Waals surface area contributed by atoms with Crippen LogP contribution in [0.2, 0.25) is 0 Å². The zero-order valence-electron chi connectivity index (χ0n) is 19.1. The van der Waals surface area contributed by atoms with Crippen LogP contribution in [0.25, 0.3) is 17.0 Å². The van der Waals surface area contributed by atoms with Crippen molar-refractivity contribution in [1.82, 2.24) is 4.57 Å². The Bertz CT molecular complexity index is 1460. The molecule has 0 unspecified atom stereocenters. The Morgan fingerprint density at radius 3 is 2.59 bits per heavy atom. The second-order valence-electron chi connectivity index (χ2n) is 8.19. The molecule has 0 fully saturated rings. The van der Waals surface area contributed by atoms with Crippen molar-refractivity contribution < 1.29 is 23.8 Å². The molecule has 3 aromatic carbocycles. The third-order valence-electron chi connectivity index (χ3n) is 6.02. The maximum atomic E-state index is 13.0. The lowest BCUT2D eigenvalue weighted by Gasteiger charge is -2.11. The van der Waals surface area contributed by atoms with E-state index in [4.69, 9.17) is 14.2 Å². The maximum Gasteiger partial charge on any atom is 0.337 e. The summed E-state index contributed by atoms with van der Waals surface area (Å²) in [6.45, 7) is 2.19. The van der Waals surface area contributed by atoms with E-state index in [0.717, 1.165) is 27.6 Å². The number of para-hydroxylation sites is 1. The molecule has 0 bridgehead atoms. The van der Waals surface area contributed by atoms with Gasteiger partial charge >= 0.3 is 5.97 Å². The van der Waals surface area contributed by atoms with Crippen LogP contribution in [0.4, 0.5) is 0 Å². The van der Waals surface area contributed by atoms with Crippen LogP contribution in [0.3, 0.4) is 0 Å². The summed E-state index contributed by atoms with van der Waals surface area (Å²) in [7, 11) is 3.33. The number of fused-ring (bicyclic) bond motifs is 2. The fourth-order valence-corrected chi connectivity index (χ4v) is 4.17. The summed E-state index contributed by atoms with van der Waals surface area (Å²) in [5.41, 5.74) is 4.69. The molecule has 6 nitrogen and oxygen atoms in total. The summed E-state index contributed by atoms with van der Waals surface area (Å²) >= 11 is 0. The minimum Gasteiger partial charge on any atom is -0.488 e. The van der Waals surface area contributed by atoms with E-state index < -0.39 is 0 Å². The molecule has 1 aliphatic rings. The fourth-order valence-electron chi connectivity index (χ4n) is 4.17. The Balaban J connectivity index is 1.37. The van der Waals surface area contributed by atoms with E-state index >= 15 is 0 Å². The van der Waals surface area contributed by atoms with Gasteiger partial charge in [-0.05, 0) is 48.9 Å². The van der Waals surface area contributed by atoms with Gasteiger partial charge in [-0.1, -0.05) is 30.3 Å². The SMILES string of the molecule is COC(=O)c1ccc(COc2ccc3c(c2C)OC(=Cc2cn(C)c4ccccc24)C3=O)cc1. The van der Waals surface area contributed by atoms with Gasteiger partial charge in [0, 0.05) is 35.3 Å². The normalized spacial score (nSPS) is 13.7. The van der Waals surface area contributed by atoms with Gasteiger partial charge < -0.3 is 18.8 Å². The van der Waals surface area contributed by atoms with Crippen molar-refractivity contribution in [2.75, 3.05) is 7.11 Å². The number of rotatable bonds is 5. The monoisotopic (exact) mass is 453 g/mol. The Morgan fingerprint density at radius 1 is 1.06 bits per heavy atom. The molecule has 0 amide bonds. The van der Waals surface area contributed by atoms with Crippen LogP contribution < -0.4 is 9.47 Å². The second kappa shape index (κ2) is 8.56. The van der Waals surface area contributed by atoms with Crippen LogP contribution >= 0.6 is 0 Å². The lowest BCUT2D eigenvalue weighted by molar-refractivity contribution is 0.0600. The third-order valence-corrected chi connectivity index (χ3v) is 6.02. The third kappa shape index (κ3) is 3.73. The Labute approximate surface area is 197 Å².